The molecule has 4 heteroatoms. The fraction of sp³-hybridized carbons (Fsp3) is 0.600. The molecule has 3 rings (SSSR count). The second-order valence-electron chi connectivity index (χ2n) is 5.91. The summed E-state index contributed by atoms with van der Waals surface area (Å²) >= 11 is 0. The number of hydrogen-bond acceptors (Lipinski definition) is 2. The predicted octanol–water partition coefficient (Wildman–Crippen LogP) is 2.68. The van der Waals surface area contributed by atoms with Crippen molar-refractivity contribution in [1.82, 2.24) is 10.2 Å². The van der Waals surface area contributed by atoms with Gasteiger partial charge < -0.3 is 5.32 Å². The van der Waals surface area contributed by atoms with Gasteiger partial charge in [-0.05, 0) is 38.8 Å². The Balaban J connectivity index is 1.66. The number of halogens is 2. The van der Waals surface area contributed by atoms with Gasteiger partial charge in [0.2, 0.25) is 0 Å². The summed E-state index contributed by atoms with van der Waals surface area (Å²) in [6.07, 6.45) is 4.80. The Morgan fingerprint density at radius 1 is 1.21 bits per heavy atom. The van der Waals surface area contributed by atoms with E-state index in [4.69, 9.17) is 0 Å². The zero-order chi connectivity index (χ0) is 13.4. The number of nitrogens with zero attached hydrogens (tertiary/aromatic N) is 1. The van der Waals surface area contributed by atoms with Crippen LogP contribution in [-0.2, 0) is 6.54 Å². The van der Waals surface area contributed by atoms with Crippen LogP contribution < -0.4 is 5.32 Å². The highest BCUT2D eigenvalue weighted by Crippen LogP contribution is 2.30. The molecule has 2 saturated heterocycles. The minimum Gasteiger partial charge on any atom is -0.311 e. The first-order chi connectivity index (χ1) is 9.11. The van der Waals surface area contributed by atoms with Gasteiger partial charge in [-0.3, -0.25) is 4.90 Å². The first kappa shape index (κ1) is 13.0. The molecule has 0 saturated carbocycles. The quantitative estimate of drug-likeness (QED) is 0.905. The number of nitrogens with one attached hydrogen (secondary N) is 1. The highest BCUT2D eigenvalue weighted by atomic mass is 19.1. The first-order valence-corrected chi connectivity index (χ1v) is 7.02. The molecule has 1 aromatic carbocycles. The van der Waals surface area contributed by atoms with E-state index in [0.29, 0.717) is 30.2 Å². The monoisotopic (exact) mass is 266 g/mol. The third-order valence-corrected chi connectivity index (χ3v) is 4.51. The van der Waals surface area contributed by atoms with Crippen molar-refractivity contribution >= 4 is 0 Å². The van der Waals surface area contributed by atoms with Crippen molar-refractivity contribution < 1.29 is 8.78 Å². The molecule has 2 aliphatic heterocycles. The van der Waals surface area contributed by atoms with Crippen molar-refractivity contribution in [3.8, 4) is 0 Å². The Morgan fingerprint density at radius 2 is 1.89 bits per heavy atom. The van der Waals surface area contributed by atoms with Crippen molar-refractivity contribution in [1.29, 1.82) is 0 Å². The maximum atomic E-state index is 13.7. The molecule has 104 valence electrons. The van der Waals surface area contributed by atoms with Crippen LogP contribution >= 0.6 is 0 Å². The van der Waals surface area contributed by atoms with Crippen molar-refractivity contribution in [2.24, 2.45) is 0 Å². The van der Waals surface area contributed by atoms with E-state index in [1.807, 2.05) is 7.05 Å². The number of fused-ring (bicyclic) bond motifs is 2. The summed E-state index contributed by atoms with van der Waals surface area (Å²) < 4.78 is 26.6. The van der Waals surface area contributed by atoms with E-state index in [1.54, 1.807) is 6.07 Å². The molecular formula is C15H20F2N2. The van der Waals surface area contributed by atoms with Gasteiger partial charge in [0.25, 0.3) is 0 Å². The minimum absolute atomic E-state index is 0.441. The zero-order valence-electron chi connectivity index (χ0n) is 11.2. The summed E-state index contributed by atoms with van der Waals surface area (Å²) in [5.74, 6) is -0.951. The maximum Gasteiger partial charge on any atom is 0.130 e. The molecule has 1 N–H and O–H groups in total. The molecular weight excluding hydrogens is 246 g/mol. The minimum atomic E-state index is -0.510. The topological polar surface area (TPSA) is 15.3 Å². The normalized spacial score (nSPS) is 30.0. The second kappa shape index (κ2) is 5.17. The molecule has 2 unspecified atom stereocenters. The first-order valence-electron chi connectivity index (χ1n) is 7.02. The maximum absolute atomic E-state index is 13.7. The summed E-state index contributed by atoms with van der Waals surface area (Å²) in [5, 5.41) is 3.61. The molecule has 19 heavy (non-hydrogen) atoms. The molecule has 0 spiro atoms. The smallest absolute Gasteiger partial charge is 0.130 e. The lowest BCUT2D eigenvalue weighted by atomic mass is 9.98. The Labute approximate surface area is 112 Å². The summed E-state index contributed by atoms with van der Waals surface area (Å²) in [6, 6.07) is 5.61. The second-order valence-corrected chi connectivity index (χ2v) is 5.91. The average Bonchev–Trinajstić information content (AvgIpc) is 2.71. The van der Waals surface area contributed by atoms with Gasteiger partial charge in [-0.25, -0.2) is 8.78 Å². The van der Waals surface area contributed by atoms with Crippen molar-refractivity contribution in [2.75, 3.05) is 7.05 Å². The highest BCUT2D eigenvalue weighted by molar-refractivity contribution is 5.18. The summed E-state index contributed by atoms with van der Waals surface area (Å²) in [4.78, 5) is 2.21. The van der Waals surface area contributed by atoms with Gasteiger partial charge in [0.1, 0.15) is 11.6 Å². The van der Waals surface area contributed by atoms with Crippen LogP contribution in [0.5, 0.6) is 0 Å². The molecule has 1 aromatic rings. The van der Waals surface area contributed by atoms with Crippen molar-refractivity contribution in [3.05, 3.63) is 35.4 Å². The van der Waals surface area contributed by atoms with Gasteiger partial charge in [-0.2, -0.15) is 0 Å². The van der Waals surface area contributed by atoms with Crippen LogP contribution in [0.4, 0.5) is 8.78 Å². The Morgan fingerprint density at radius 3 is 2.53 bits per heavy atom. The van der Waals surface area contributed by atoms with E-state index in [2.05, 4.69) is 10.2 Å². The van der Waals surface area contributed by atoms with Gasteiger partial charge in [0, 0.05) is 36.3 Å². The molecule has 2 fully saturated rings. The fourth-order valence-electron chi connectivity index (χ4n) is 3.43. The van der Waals surface area contributed by atoms with Crippen LogP contribution in [0.2, 0.25) is 0 Å². The van der Waals surface area contributed by atoms with Crippen LogP contribution in [0.1, 0.15) is 31.2 Å². The van der Waals surface area contributed by atoms with Crippen LogP contribution in [-0.4, -0.2) is 30.1 Å². The molecule has 2 bridgehead atoms. The molecule has 2 heterocycles. The predicted molar refractivity (Wildman–Crippen MR) is 70.8 cm³/mol. The summed E-state index contributed by atoms with van der Waals surface area (Å²) in [6.45, 7) is 0.552. The van der Waals surface area contributed by atoms with Crippen LogP contribution in [0.3, 0.4) is 0 Å². The van der Waals surface area contributed by atoms with Gasteiger partial charge in [0.05, 0.1) is 0 Å². The highest BCUT2D eigenvalue weighted by Gasteiger charge is 2.35. The Bertz CT molecular complexity index is 451. The van der Waals surface area contributed by atoms with Crippen LogP contribution in [0.25, 0.3) is 0 Å². The van der Waals surface area contributed by atoms with E-state index in [1.165, 1.54) is 18.9 Å². The Hall–Kier alpha value is -1.00. The zero-order valence-corrected chi connectivity index (χ0v) is 11.2. The number of hydrogen-bond donors (Lipinski definition) is 1. The molecule has 2 nitrogen and oxygen atoms in total. The van der Waals surface area contributed by atoms with E-state index in [-0.39, 0.29) is 0 Å². The van der Waals surface area contributed by atoms with E-state index in [9.17, 15) is 8.78 Å². The molecule has 0 radical (unpaired) electrons. The van der Waals surface area contributed by atoms with Gasteiger partial charge in [-0.1, -0.05) is 6.07 Å². The SMILES string of the molecule is CN(Cc1ccc(F)cc1F)C1CC2CCC(C1)N2. The lowest BCUT2D eigenvalue weighted by Crippen LogP contribution is -2.46. The molecule has 2 aliphatic rings. The van der Waals surface area contributed by atoms with Gasteiger partial charge >= 0.3 is 0 Å². The molecule has 0 aliphatic carbocycles. The van der Waals surface area contributed by atoms with E-state index < -0.39 is 11.6 Å². The summed E-state index contributed by atoms with van der Waals surface area (Å²) in [5.41, 5.74) is 0.578. The van der Waals surface area contributed by atoms with Gasteiger partial charge in [-0.15, -0.1) is 0 Å². The standard InChI is InChI=1S/C15H20F2N2/c1-19(9-10-2-3-11(16)6-15(10)17)14-7-12-4-5-13(8-14)18-12/h2-3,6,12-14,18H,4-5,7-9H2,1H3. The third-order valence-electron chi connectivity index (χ3n) is 4.51. The van der Waals surface area contributed by atoms with E-state index in [0.717, 1.165) is 18.9 Å². The molecule has 0 aromatic heterocycles. The molecule has 0 amide bonds. The molecule has 2 atom stereocenters. The largest absolute Gasteiger partial charge is 0.311 e. The van der Waals surface area contributed by atoms with E-state index >= 15 is 0 Å². The lowest BCUT2D eigenvalue weighted by Gasteiger charge is -2.35. The summed E-state index contributed by atoms with van der Waals surface area (Å²) in [7, 11) is 2.04. The van der Waals surface area contributed by atoms with Crippen molar-refractivity contribution in [2.45, 2.75) is 50.4 Å². The number of benzene rings is 1. The fourth-order valence-corrected chi connectivity index (χ4v) is 3.43. The van der Waals surface area contributed by atoms with Crippen LogP contribution in [0, 0.1) is 11.6 Å². The van der Waals surface area contributed by atoms with Gasteiger partial charge in [0.15, 0.2) is 0 Å². The number of rotatable bonds is 3. The van der Waals surface area contributed by atoms with Crippen molar-refractivity contribution in [3.63, 3.8) is 0 Å². The third kappa shape index (κ3) is 2.79. The lowest BCUT2D eigenvalue weighted by molar-refractivity contribution is 0.164. The number of piperidine rings is 1. The average molecular weight is 266 g/mol. The Kier molecular flexibility index (Phi) is 3.54. The van der Waals surface area contributed by atoms with Crippen LogP contribution in [0.15, 0.2) is 18.2 Å².